The third-order valence-electron chi connectivity index (χ3n) is 4.28. The smallest absolute Gasteiger partial charge is 0.239 e. The zero-order valence-corrected chi connectivity index (χ0v) is 10.7. The summed E-state index contributed by atoms with van der Waals surface area (Å²) in [5.41, 5.74) is 0. The number of aliphatic hydroxyl groups excluding tert-OH is 1. The van der Waals surface area contributed by atoms with Crippen molar-refractivity contribution in [2.45, 2.75) is 50.6 Å². The molecule has 2 aliphatic rings. The Balaban J connectivity index is 1.98. The molecule has 0 radical (unpaired) electrons. The van der Waals surface area contributed by atoms with Gasteiger partial charge in [0.15, 0.2) is 0 Å². The zero-order valence-electron chi connectivity index (χ0n) is 10.7. The van der Waals surface area contributed by atoms with Crippen LogP contribution in [0.1, 0.15) is 38.5 Å². The van der Waals surface area contributed by atoms with Gasteiger partial charge in [0, 0.05) is 19.2 Å². The highest BCUT2D eigenvalue weighted by molar-refractivity contribution is 5.82. The molecule has 2 fully saturated rings. The van der Waals surface area contributed by atoms with Crippen LogP contribution in [0.3, 0.4) is 0 Å². The van der Waals surface area contributed by atoms with Crippen molar-refractivity contribution in [3.8, 4) is 0 Å². The van der Waals surface area contributed by atoms with Crippen molar-refractivity contribution in [3.05, 3.63) is 0 Å². The number of amides is 1. The van der Waals surface area contributed by atoms with E-state index in [0.717, 1.165) is 45.1 Å². The highest BCUT2D eigenvalue weighted by Crippen LogP contribution is 2.29. The first-order chi connectivity index (χ1) is 8.26. The van der Waals surface area contributed by atoms with Crippen molar-refractivity contribution in [2.75, 3.05) is 20.2 Å². The molecular weight excluding hydrogens is 216 g/mol. The van der Waals surface area contributed by atoms with Crippen LogP contribution in [0.4, 0.5) is 0 Å². The molecule has 17 heavy (non-hydrogen) atoms. The molecule has 1 amide bonds. The van der Waals surface area contributed by atoms with Gasteiger partial charge in [0.25, 0.3) is 0 Å². The van der Waals surface area contributed by atoms with E-state index in [9.17, 15) is 9.90 Å². The first-order valence-electron chi connectivity index (χ1n) is 6.85. The lowest BCUT2D eigenvalue weighted by atomic mass is 9.84. The number of hydrogen-bond donors (Lipinski definition) is 2. The van der Waals surface area contributed by atoms with Gasteiger partial charge in [-0.05, 0) is 45.1 Å². The summed E-state index contributed by atoms with van der Waals surface area (Å²) in [4.78, 5) is 14.3. The molecule has 1 saturated carbocycles. The second-order valence-corrected chi connectivity index (χ2v) is 5.38. The standard InChI is InChI=1S/C13H24N2O2/c1-14-12-6-3-7-15(13(12)17)11-5-2-4-10(8-11)9-16/h10-12,14,16H,2-9H2,1H3. The van der Waals surface area contributed by atoms with E-state index in [-0.39, 0.29) is 18.6 Å². The number of likely N-dealkylation sites (N-methyl/N-ethyl adjacent to an activating group) is 1. The van der Waals surface area contributed by atoms with Crippen molar-refractivity contribution in [1.82, 2.24) is 10.2 Å². The molecule has 4 heteroatoms. The largest absolute Gasteiger partial charge is 0.396 e. The van der Waals surface area contributed by atoms with E-state index in [4.69, 9.17) is 0 Å². The molecule has 1 saturated heterocycles. The van der Waals surface area contributed by atoms with E-state index in [0.29, 0.717) is 12.0 Å². The van der Waals surface area contributed by atoms with Crippen molar-refractivity contribution in [3.63, 3.8) is 0 Å². The van der Waals surface area contributed by atoms with Gasteiger partial charge in [-0.25, -0.2) is 0 Å². The molecule has 4 nitrogen and oxygen atoms in total. The van der Waals surface area contributed by atoms with Gasteiger partial charge >= 0.3 is 0 Å². The molecule has 0 aromatic carbocycles. The summed E-state index contributed by atoms with van der Waals surface area (Å²) in [5, 5.41) is 12.4. The minimum Gasteiger partial charge on any atom is -0.396 e. The van der Waals surface area contributed by atoms with Crippen LogP contribution in [0.25, 0.3) is 0 Å². The lowest BCUT2D eigenvalue weighted by Crippen LogP contribution is -2.54. The normalized spacial score (nSPS) is 35.1. The van der Waals surface area contributed by atoms with Crippen LogP contribution in [0.2, 0.25) is 0 Å². The number of likely N-dealkylation sites (tertiary alicyclic amines) is 1. The van der Waals surface area contributed by atoms with Gasteiger partial charge in [0.1, 0.15) is 0 Å². The van der Waals surface area contributed by atoms with Crippen molar-refractivity contribution in [1.29, 1.82) is 0 Å². The molecule has 2 N–H and O–H groups in total. The van der Waals surface area contributed by atoms with E-state index < -0.39 is 0 Å². The molecule has 0 spiro atoms. The Morgan fingerprint density at radius 1 is 1.35 bits per heavy atom. The van der Waals surface area contributed by atoms with Crippen molar-refractivity contribution >= 4 is 5.91 Å². The summed E-state index contributed by atoms with van der Waals surface area (Å²) < 4.78 is 0. The van der Waals surface area contributed by atoms with Crippen LogP contribution >= 0.6 is 0 Å². The Morgan fingerprint density at radius 3 is 2.88 bits per heavy atom. The number of rotatable bonds is 3. The first kappa shape index (κ1) is 12.8. The third-order valence-corrected chi connectivity index (χ3v) is 4.28. The molecular formula is C13H24N2O2. The molecule has 98 valence electrons. The molecule has 0 bridgehead atoms. The minimum absolute atomic E-state index is 0.0123. The fourth-order valence-electron chi connectivity index (χ4n) is 3.24. The van der Waals surface area contributed by atoms with Crippen LogP contribution in [-0.4, -0.2) is 48.2 Å². The van der Waals surface area contributed by atoms with Gasteiger partial charge in [0.2, 0.25) is 5.91 Å². The maximum Gasteiger partial charge on any atom is 0.239 e. The number of carbonyl (C=O) groups is 1. The molecule has 3 atom stereocenters. The van der Waals surface area contributed by atoms with Crippen LogP contribution in [0.5, 0.6) is 0 Å². The highest BCUT2D eigenvalue weighted by Gasteiger charge is 2.34. The SMILES string of the molecule is CNC1CCCN(C2CCCC(CO)C2)C1=O. The highest BCUT2D eigenvalue weighted by atomic mass is 16.3. The maximum atomic E-state index is 12.3. The lowest BCUT2D eigenvalue weighted by molar-refractivity contribution is -0.139. The number of nitrogens with zero attached hydrogens (tertiary/aromatic N) is 1. The molecule has 0 aromatic rings. The van der Waals surface area contributed by atoms with Crippen LogP contribution < -0.4 is 5.32 Å². The lowest BCUT2D eigenvalue weighted by Gasteiger charge is -2.41. The van der Waals surface area contributed by atoms with Gasteiger partial charge in [-0.2, -0.15) is 0 Å². The second-order valence-electron chi connectivity index (χ2n) is 5.38. The monoisotopic (exact) mass is 240 g/mol. The van der Waals surface area contributed by atoms with E-state index in [1.54, 1.807) is 0 Å². The van der Waals surface area contributed by atoms with Crippen molar-refractivity contribution in [2.24, 2.45) is 5.92 Å². The predicted molar refractivity (Wildman–Crippen MR) is 66.6 cm³/mol. The van der Waals surface area contributed by atoms with Gasteiger partial charge in [-0.3, -0.25) is 4.79 Å². The quantitative estimate of drug-likeness (QED) is 0.765. The fraction of sp³-hybridized carbons (Fsp3) is 0.923. The van der Waals surface area contributed by atoms with Crippen molar-refractivity contribution < 1.29 is 9.90 Å². The molecule has 1 aliphatic heterocycles. The maximum absolute atomic E-state index is 12.3. The van der Waals surface area contributed by atoms with Gasteiger partial charge in [-0.15, -0.1) is 0 Å². The fourth-order valence-corrected chi connectivity index (χ4v) is 3.24. The van der Waals surface area contributed by atoms with E-state index in [2.05, 4.69) is 10.2 Å². The average molecular weight is 240 g/mol. The Hall–Kier alpha value is -0.610. The molecule has 1 aliphatic carbocycles. The zero-order chi connectivity index (χ0) is 12.3. The van der Waals surface area contributed by atoms with Gasteiger partial charge in [-0.1, -0.05) is 6.42 Å². The second kappa shape index (κ2) is 5.83. The van der Waals surface area contributed by atoms with Crippen LogP contribution in [0.15, 0.2) is 0 Å². The van der Waals surface area contributed by atoms with E-state index >= 15 is 0 Å². The predicted octanol–water partition coefficient (Wildman–Crippen LogP) is 0.748. The van der Waals surface area contributed by atoms with Gasteiger partial charge < -0.3 is 15.3 Å². The number of nitrogens with one attached hydrogen (secondary N) is 1. The Kier molecular flexibility index (Phi) is 4.40. The number of hydrogen-bond acceptors (Lipinski definition) is 3. The topological polar surface area (TPSA) is 52.6 Å². The van der Waals surface area contributed by atoms with E-state index in [1.165, 1.54) is 0 Å². The average Bonchev–Trinajstić information content (AvgIpc) is 2.39. The molecule has 1 heterocycles. The number of carbonyl (C=O) groups excluding carboxylic acids is 1. The third kappa shape index (κ3) is 2.80. The summed E-state index contributed by atoms with van der Waals surface area (Å²) >= 11 is 0. The summed E-state index contributed by atoms with van der Waals surface area (Å²) in [6.07, 6.45) is 6.41. The minimum atomic E-state index is 0.0123. The first-order valence-corrected chi connectivity index (χ1v) is 6.85. The molecule has 3 unspecified atom stereocenters. The summed E-state index contributed by atoms with van der Waals surface area (Å²) in [7, 11) is 1.86. The Morgan fingerprint density at radius 2 is 2.18 bits per heavy atom. The number of piperidine rings is 1. The molecule has 0 aromatic heterocycles. The molecule has 2 rings (SSSR count). The number of aliphatic hydroxyl groups is 1. The Labute approximate surface area is 103 Å². The van der Waals surface area contributed by atoms with Crippen LogP contribution in [0, 0.1) is 5.92 Å². The summed E-state index contributed by atoms with van der Waals surface area (Å²) in [5.74, 6) is 0.666. The Bertz CT molecular complexity index is 270. The van der Waals surface area contributed by atoms with E-state index in [1.807, 2.05) is 7.05 Å². The summed E-state index contributed by atoms with van der Waals surface area (Å²) in [6.45, 7) is 1.17. The van der Waals surface area contributed by atoms with Gasteiger partial charge in [0.05, 0.1) is 6.04 Å². The summed E-state index contributed by atoms with van der Waals surface area (Å²) in [6, 6.07) is 0.378. The van der Waals surface area contributed by atoms with Crippen LogP contribution in [-0.2, 0) is 4.79 Å².